The molecule has 1 atom stereocenters. The van der Waals surface area contributed by atoms with Gasteiger partial charge in [-0.1, -0.05) is 13.8 Å². The highest BCUT2D eigenvalue weighted by molar-refractivity contribution is 5.74. The number of carbonyl (C=O) groups excluding carboxylic acids is 1. The smallest absolute Gasteiger partial charge is 0.328 e. The lowest BCUT2D eigenvalue weighted by molar-refractivity contribution is -0.145. The Labute approximate surface area is 102 Å². The summed E-state index contributed by atoms with van der Waals surface area (Å²) >= 11 is 0. The lowest BCUT2D eigenvalue weighted by Gasteiger charge is -2.20. The maximum Gasteiger partial charge on any atom is 0.328 e. The van der Waals surface area contributed by atoms with Crippen molar-refractivity contribution in [2.24, 2.45) is 11.7 Å². The van der Waals surface area contributed by atoms with Gasteiger partial charge in [0.15, 0.2) is 0 Å². The van der Waals surface area contributed by atoms with Crippen molar-refractivity contribution in [1.29, 1.82) is 0 Å². The fourth-order valence-corrected chi connectivity index (χ4v) is 1.86. The summed E-state index contributed by atoms with van der Waals surface area (Å²) in [5, 5.41) is 0. The molecule has 1 rings (SSSR count). The SMILES string of the molecule is COC(=O)C(CC(C)C)n1cncc1CCN. The second-order valence-corrected chi connectivity index (χ2v) is 4.50. The average Bonchev–Trinajstić information content (AvgIpc) is 2.73. The first-order valence-corrected chi connectivity index (χ1v) is 5.88. The summed E-state index contributed by atoms with van der Waals surface area (Å²) in [6.07, 6.45) is 4.88. The molecule has 17 heavy (non-hydrogen) atoms. The van der Waals surface area contributed by atoms with Crippen LogP contribution in [0.1, 0.15) is 32.0 Å². The molecule has 0 bridgehead atoms. The molecule has 0 fully saturated rings. The van der Waals surface area contributed by atoms with E-state index in [1.165, 1.54) is 7.11 Å². The van der Waals surface area contributed by atoms with Crippen molar-refractivity contribution in [1.82, 2.24) is 9.55 Å². The normalized spacial score (nSPS) is 12.8. The molecule has 0 aromatic carbocycles. The average molecular weight is 239 g/mol. The van der Waals surface area contributed by atoms with Crippen LogP contribution >= 0.6 is 0 Å². The topological polar surface area (TPSA) is 70.1 Å². The molecule has 0 aliphatic rings. The van der Waals surface area contributed by atoms with E-state index in [-0.39, 0.29) is 12.0 Å². The number of hydrogen-bond donors (Lipinski definition) is 1. The van der Waals surface area contributed by atoms with Crippen LogP contribution in [0, 0.1) is 5.92 Å². The highest BCUT2D eigenvalue weighted by atomic mass is 16.5. The van der Waals surface area contributed by atoms with Crippen molar-refractivity contribution >= 4 is 5.97 Å². The largest absolute Gasteiger partial charge is 0.467 e. The zero-order valence-corrected chi connectivity index (χ0v) is 10.7. The molecule has 5 nitrogen and oxygen atoms in total. The van der Waals surface area contributed by atoms with Crippen LogP contribution in [0.3, 0.4) is 0 Å². The second kappa shape index (κ2) is 6.39. The maximum absolute atomic E-state index is 11.8. The van der Waals surface area contributed by atoms with Crippen molar-refractivity contribution in [3.05, 3.63) is 18.2 Å². The number of esters is 1. The fourth-order valence-electron chi connectivity index (χ4n) is 1.86. The zero-order chi connectivity index (χ0) is 12.8. The quantitative estimate of drug-likeness (QED) is 0.756. The Balaban J connectivity index is 2.95. The number of methoxy groups -OCH3 is 1. The lowest BCUT2D eigenvalue weighted by Crippen LogP contribution is -2.24. The molecule has 0 aliphatic heterocycles. The van der Waals surface area contributed by atoms with Gasteiger partial charge in [-0.2, -0.15) is 0 Å². The number of imidazole rings is 1. The third-order valence-corrected chi connectivity index (χ3v) is 2.65. The summed E-state index contributed by atoms with van der Waals surface area (Å²) < 4.78 is 6.73. The molecule has 0 saturated heterocycles. The van der Waals surface area contributed by atoms with Gasteiger partial charge in [0.25, 0.3) is 0 Å². The van der Waals surface area contributed by atoms with Crippen LogP contribution in [0.4, 0.5) is 0 Å². The van der Waals surface area contributed by atoms with E-state index in [1.54, 1.807) is 12.5 Å². The maximum atomic E-state index is 11.8. The molecular formula is C12H21N3O2. The molecular weight excluding hydrogens is 218 g/mol. The summed E-state index contributed by atoms with van der Waals surface area (Å²) in [7, 11) is 1.41. The van der Waals surface area contributed by atoms with Gasteiger partial charge in [-0.3, -0.25) is 0 Å². The summed E-state index contributed by atoms with van der Waals surface area (Å²) in [5.74, 6) is 0.183. The van der Waals surface area contributed by atoms with Crippen LogP contribution in [0.5, 0.6) is 0 Å². The van der Waals surface area contributed by atoms with Gasteiger partial charge in [-0.25, -0.2) is 9.78 Å². The van der Waals surface area contributed by atoms with Crippen LogP contribution in [0.2, 0.25) is 0 Å². The van der Waals surface area contributed by atoms with Crippen LogP contribution in [0.15, 0.2) is 12.5 Å². The minimum atomic E-state index is -0.302. The van der Waals surface area contributed by atoms with Crippen molar-refractivity contribution in [3.8, 4) is 0 Å². The third-order valence-electron chi connectivity index (χ3n) is 2.65. The molecule has 1 aromatic rings. The van der Waals surface area contributed by atoms with E-state index in [1.807, 2.05) is 4.57 Å². The lowest BCUT2D eigenvalue weighted by atomic mass is 10.0. The van der Waals surface area contributed by atoms with Crippen molar-refractivity contribution in [2.75, 3.05) is 13.7 Å². The number of aromatic nitrogens is 2. The van der Waals surface area contributed by atoms with Gasteiger partial charge in [0, 0.05) is 18.3 Å². The molecule has 5 heteroatoms. The predicted octanol–water partition coefficient (Wildman–Crippen LogP) is 1.14. The Kier molecular flexibility index (Phi) is 5.15. The minimum absolute atomic E-state index is 0.227. The molecule has 1 aromatic heterocycles. The van der Waals surface area contributed by atoms with Gasteiger partial charge in [-0.05, 0) is 18.9 Å². The molecule has 2 N–H and O–H groups in total. The second-order valence-electron chi connectivity index (χ2n) is 4.50. The van der Waals surface area contributed by atoms with E-state index < -0.39 is 0 Å². The van der Waals surface area contributed by atoms with E-state index in [2.05, 4.69) is 18.8 Å². The fraction of sp³-hybridized carbons (Fsp3) is 0.667. The zero-order valence-electron chi connectivity index (χ0n) is 10.7. The first-order chi connectivity index (χ1) is 8.10. The Morgan fingerprint density at radius 3 is 2.82 bits per heavy atom. The van der Waals surface area contributed by atoms with Gasteiger partial charge in [0.1, 0.15) is 6.04 Å². The van der Waals surface area contributed by atoms with E-state index in [0.29, 0.717) is 18.9 Å². The van der Waals surface area contributed by atoms with Crippen molar-refractivity contribution < 1.29 is 9.53 Å². The van der Waals surface area contributed by atoms with Crippen LogP contribution < -0.4 is 5.73 Å². The molecule has 0 saturated carbocycles. The first kappa shape index (κ1) is 13.7. The van der Waals surface area contributed by atoms with Crippen LogP contribution in [-0.2, 0) is 16.0 Å². The number of hydrogen-bond acceptors (Lipinski definition) is 4. The van der Waals surface area contributed by atoms with Gasteiger partial charge in [-0.15, -0.1) is 0 Å². The molecule has 0 spiro atoms. The minimum Gasteiger partial charge on any atom is -0.467 e. The molecule has 0 amide bonds. The summed E-state index contributed by atoms with van der Waals surface area (Å²) in [6.45, 7) is 4.70. The Morgan fingerprint density at radius 1 is 1.59 bits per heavy atom. The van der Waals surface area contributed by atoms with Crippen LogP contribution in [0.25, 0.3) is 0 Å². The van der Waals surface area contributed by atoms with Gasteiger partial charge in [0.05, 0.1) is 13.4 Å². The Morgan fingerprint density at radius 2 is 2.29 bits per heavy atom. The molecule has 0 aliphatic carbocycles. The third kappa shape index (κ3) is 3.56. The van der Waals surface area contributed by atoms with E-state index in [9.17, 15) is 4.79 Å². The Bertz CT molecular complexity index is 360. The first-order valence-electron chi connectivity index (χ1n) is 5.88. The number of nitrogens with two attached hydrogens (primary N) is 1. The molecule has 1 heterocycles. The monoisotopic (exact) mass is 239 g/mol. The summed E-state index contributed by atoms with van der Waals surface area (Å²) in [4.78, 5) is 15.9. The van der Waals surface area contributed by atoms with Gasteiger partial charge < -0.3 is 15.0 Å². The highest BCUT2D eigenvalue weighted by Gasteiger charge is 2.23. The number of rotatable bonds is 6. The van der Waals surface area contributed by atoms with Crippen molar-refractivity contribution in [2.45, 2.75) is 32.7 Å². The van der Waals surface area contributed by atoms with Gasteiger partial charge >= 0.3 is 5.97 Å². The summed E-state index contributed by atoms with van der Waals surface area (Å²) in [6, 6.07) is -0.302. The highest BCUT2D eigenvalue weighted by Crippen LogP contribution is 2.21. The number of ether oxygens (including phenoxy) is 1. The van der Waals surface area contributed by atoms with E-state index in [4.69, 9.17) is 10.5 Å². The van der Waals surface area contributed by atoms with Crippen molar-refractivity contribution in [3.63, 3.8) is 0 Å². The van der Waals surface area contributed by atoms with E-state index in [0.717, 1.165) is 12.1 Å². The van der Waals surface area contributed by atoms with Crippen LogP contribution in [-0.4, -0.2) is 29.2 Å². The number of nitrogens with zero attached hydrogens (tertiary/aromatic N) is 2. The van der Waals surface area contributed by atoms with Gasteiger partial charge in [0.2, 0.25) is 0 Å². The van der Waals surface area contributed by atoms with E-state index >= 15 is 0 Å². The Hall–Kier alpha value is -1.36. The summed E-state index contributed by atoms with van der Waals surface area (Å²) in [5.41, 5.74) is 6.52. The predicted molar refractivity (Wildman–Crippen MR) is 65.5 cm³/mol. The number of carbonyl (C=O) groups is 1. The molecule has 96 valence electrons. The molecule has 0 radical (unpaired) electrons. The standard InChI is InChI=1S/C12H21N3O2/c1-9(2)6-11(12(16)17-3)15-8-14-7-10(15)4-5-13/h7-9,11H,4-6,13H2,1-3H3. The molecule has 1 unspecified atom stereocenters.